The van der Waals surface area contributed by atoms with E-state index in [1.165, 1.54) is 25.3 Å². The van der Waals surface area contributed by atoms with Gasteiger partial charge in [-0.05, 0) is 35.9 Å². The molecule has 0 unspecified atom stereocenters. The highest BCUT2D eigenvalue weighted by molar-refractivity contribution is 7.92. The SMILES string of the molecule is CC(=O)Nc1cccc(-c2cnc(Cl)c(NS(=O)(=O)c3ccccc3)c2)c1. The highest BCUT2D eigenvalue weighted by atomic mass is 35.5. The average molecular weight is 402 g/mol. The Morgan fingerprint density at radius 2 is 1.74 bits per heavy atom. The third kappa shape index (κ3) is 4.64. The quantitative estimate of drug-likeness (QED) is 0.628. The molecule has 0 aliphatic rings. The number of halogens is 1. The van der Waals surface area contributed by atoms with Crippen LogP contribution < -0.4 is 10.0 Å². The fourth-order valence-electron chi connectivity index (χ4n) is 2.46. The summed E-state index contributed by atoms with van der Waals surface area (Å²) in [5, 5.41) is 2.74. The zero-order valence-electron chi connectivity index (χ0n) is 14.3. The fraction of sp³-hybridized carbons (Fsp3) is 0.0526. The van der Waals surface area contributed by atoms with Gasteiger partial charge in [0.2, 0.25) is 5.91 Å². The molecule has 0 aliphatic carbocycles. The minimum Gasteiger partial charge on any atom is -0.326 e. The molecule has 138 valence electrons. The molecule has 27 heavy (non-hydrogen) atoms. The van der Waals surface area contributed by atoms with Crippen LogP contribution in [-0.4, -0.2) is 19.3 Å². The Kier molecular flexibility index (Phi) is 5.43. The van der Waals surface area contributed by atoms with Crippen LogP contribution in [0.4, 0.5) is 11.4 Å². The molecule has 2 N–H and O–H groups in total. The number of rotatable bonds is 5. The lowest BCUT2D eigenvalue weighted by atomic mass is 10.1. The van der Waals surface area contributed by atoms with Crippen LogP contribution in [0.25, 0.3) is 11.1 Å². The van der Waals surface area contributed by atoms with Crippen molar-refractivity contribution in [2.24, 2.45) is 0 Å². The van der Waals surface area contributed by atoms with Crippen LogP contribution in [0.2, 0.25) is 5.15 Å². The summed E-state index contributed by atoms with van der Waals surface area (Å²) in [7, 11) is -3.79. The number of carbonyl (C=O) groups is 1. The Bertz CT molecular complexity index is 1090. The van der Waals surface area contributed by atoms with E-state index in [1.54, 1.807) is 42.5 Å². The number of hydrogen-bond donors (Lipinski definition) is 2. The smallest absolute Gasteiger partial charge is 0.261 e. The first-order valence-corrected chi connectivity index (χ1v) is 9.83. The number of carbonyl (C=O) groups excluding carboxylic acids is 1. The van der Waals surface area contributed by atoms with Gasteiger partial charge in [0.25, 0.3) is 10.0 Å². The number of hydrogen-bond acceptors (Lipinski definition) is 4. The average Bonchev–Trinajstić information content (AvgIpc) is 2.64. The maximum absolute atomic E-state index is 12.5. The number of amides is 1. The molecular formula is C19H16ClN3O3S. The molecule has 0 saturated carbocycles. The lowest BCUT2D eigenvalue weighted by Gasteiger charge is -2.11. The highest BCUT2D eigenvalue weighted by Crippen LogP contribution is 2.29. The monoisotopic (exact) mass is 401 g/mol. The summed E-state index contributed by atoms with van der Waals surface area (Å²) in [6.45, 7) is 1.42. The van der Waals surface area contributed by atoms with Crippen LogP contribution >= 0.6 is 11.6 Å². The van der Waals surface area contributed by atoms with Gasteiger partial charge in [0.1, 0.15) is 0 Å². The van der Waals surface area contributed by atoms with E-state index in [1.807, 2.05) is 6.07 Å². The zero-order valence-corrected chi connectivity index (χ0v) is 15.9. The van der Waals surface area contributed by atoms with Gasteiger partial charge in [0, 0.05) is 24.4 Å². The van der Waals surface area contributed by atoms with Crippen LogP contribution in [0, 0.1) is 0 Å². The van der Waals surface area contributed by atoms with Gasteiger partial charge in [-0.3, -0.25) is 9.52 Å². The number of anilines is 2. The summed E-state index contributed by atoms with van der Waals surface area (Å²) in [6, 6.07) is 16.7. The molecule has 1 heterocycles. The summed E-state index contributed by atoms with van der Waals surface area (Å²) in [6.07, 6.45) is 1.54. The molecule has 1 amide bonds. The minimum atomic E-state index is -3.79. The molecule has 1 aromatic heterocycles. The lowest BCUT2D eigenvalue weighted by Crippen LogP contribution is -2.13. The van der Waals surface area contributed by atoms with Crippen LogP contribution in [0.5, 0.6) is 0 Å². The number of sulfonamides is 1. The van der Waals surface area contributed by atoms with Crippen LogP contribution in [-0.2, 0) is 14.8 Å². The summed E-state index contributed by atoms with van der Waals surface area (Å²) in [5.74, 6) is -0.183. The maximum Gasteiger partial charge on any atom is 0.261 e. The molecule has 0 saturated heterocycles. The standard InChI is InChI=1S/C19H16ClN3O3S/c1-13(24)22-16-7-5-6-14(10-16)15-11-18(19(20)21-12-15)23-27(25,26)17-8-3-2-4-9-17/h2-12,23H,1H3,(H,22,24). The molecule has 0 aliphatic heterocycles. The predicted octanol–water partition coefficient (Wildman–Crippen LogP) is 4.16. The number of nitrogens with one attached hydrogen (secondary N) is 2. The van der Waals surface area contributed by atoms with Crippen molar-refractivity contribution in [3.8, 4) is 11.1 Å². The van der Waals surface area contributed by atoms with E-state index in [0.717, 1.165) is 5.56 Å². The van der Waals surface area contributed by atoms with Gasteiger partial charge < -0.3 is 5.32 Å². The van der Waals surface area contributed by atoms with Gasteiger partial charge in [-0.2, -0.15) is 0 Å². The molecule has 0 atom stereocenters. The Labute approximate surface area is 162 Å². The van der Waals surface area contributed by atoms with Crippen molar-refractivity contribution < 1.29 is 13.2 Å². The largest absolute Gasteiger partial charge is 0.326 e. The van der Waals surface area contributed by atoms with E-state index in [2.05, 4.69) is 15.0 Å². The molecule has 3 aromatic rings. The van der Waals surface area contributed by atoms with E-state index < -0.39 is 10.0 Å². The second kappa shape index (κ2) is 7.77. The molecule has 8 heteroatoms. The summed E-state index contributed by atoms with van der Waals surface area (Å²) < 4.78 is 27.5. The maximum atomic E-state index is 12.5. The molecular weight excluding hydrogens is 386 g/mol. The molecule has 2 aromatic carbocycles. The van der Waals surface area contributed by atoms with Gasteiger partial charge in [0.05, 0.1) is 10.6 Å². The van der Waals surface area contributed by atoms with E-state index in [4.69, 9.17) is 11.6 Å². The van der Waals surface area contributed by atoms with Crippen molar-refractivity contribution in [1.29, 1.82) is 0 Å². The van der Waals surface area contributed by atoms with Gasteiger partial charge in [0.15, 0.2) is 5.15 Å². The minimum absolute atomic E-state index is 0.0382. The molecule has 0 radical (unpaired) electrons. The van der Waals surface area contributed by atoms with E-state index in [9.17, 15) is 13.2 Å². The number of pyridine rings is 1. The fourth-order valence-corrected chi connectivity index (χ4v) is 3.75. The number of benzene rings is 2. The summed E-state index contributed by atoms with van der Waals surface area (Å²) in [4.78, 5) is 15.4. The second-order valence-corrected chi connectivity index (χ2v) is 7.78. The van der Waals surface area contributed by atoms with Gasteiger partial charge in [-0.15, -0.1) is 0 Å². The van der Waals surface area contributed by atoms with Crippen molar-refractivity contribution >= 4 is 38.9 Å². The Morgan fingerprint density at radius 3 is 2.44 bits per heavy atom. The molecule has 0 spiro atoms. The Hall–Kier alpha value is -2.90. The van der Waals surface area contributed by atoms with Gasteiger partial charge in [-0.1, -0.05) is 41.9 Å². The Balaban J connectivity index is 1.95. The third-order valence-corrected chi connectivity index (χ3v) is 5.34. The Morgan fingerprint density at radius 1 is 1.00 bits per heavy atom. The third-order valence-electron chi connectivity index (χ3n) is 3.65. The van der Waals surface area contributed by atoms with Gasteiger partial charge in [-0.25, -0.2) is 13.4 Å². The first-order valence-electron chi connectivity index (χ1n) is 7.96. The lowest BCUT2D eigenvalue weighted by molar-refractivity contribution is -0.114. The number of aromatic nitrogens is 1. The molecule has 0 bridgehead atoms. The first-order chi connectivity index (χ1) is 12.8. The van der Waals surface area contributed by atoms with E-state index >= 15 is 0 Å². The van der Waals surface area contributed by atoms with Crippen LogP contribution in [0.15, 0.2) is 71.8 Å². The topological polar surface area (TPSA) is 88.2 Å². The van der Waals surface area contributed by atoms with Crippen LogP contribution in [0.3, 0.4) is 0 Å². The van der Waals surface area contributed by atoms with Crippen molar-refractivity contribution in [3.63, 3.8) is 0 Å². The number of nitrogens with zero attached hydrogens (tertiary/aromatic N) is 1. The summed E-state index contributed by atoms with van der Waals surface area (Å²) in [5.41, 5.74) is 2.20. The normalized spacial score (nSPS) is 11.0. The van der Waals surface area contributed by atoms with Gasteiger partial charge >= 0.3 is 0 Å². The first kappa shape index (κ1) is 18.9. The van der Waals surface area contributed by atoms with Crippen molar-refractivity contribution in [2.45, 2.75) is 11.8 Å². The van der Waals surface area contributed by atoms with Crippen molar-refractivity contribution in [3.05, 3.63) is 72.0 Å². The molecule has 6 nitrogen and oxygen atoms in total. The van der Waals surface area contributed by atoms with E-state index in [-0.39, 0.29) is 21.6 Å². The molecule has 3 rings (SSSR count). The highest BCUT2D eigenvalue weighted by Gasteiger charge is 2.16. The van der Waals surface area contributed by atoms with Crippen LogP contribution in [0.1, 0.15) is 6.92 Å². The zero-order chi connectivity index (χ0) is 19.4. The van der Waals surface area contributed by atoms with E-state index in [0.29, 0.717) is 11.3 Å². The van der Waals surface area contributed by atoms with Crippen molar-refractivity contribution in [1.82, 2.24) is 4.98 Å². The second-order valence-electron chi connectivity index (χ2n) is 5.74. The van der Waals surface area contributed by atoms with Crippen molar-refractivity contribution in [2.75, 3.05) is 10.0 Å². The molecule has 0 fully saturated rings. The summed E-state index contributed by atoms with van der Waals surface area (Å²) >= 11 is 6.08. The predicted molar refractivity (Wildman–Crippen MR) is 106 cm³/mol.